The molecule has 0 bridgehead atoms. The van der Waals surface area contributed by atoms with Crippen LogP contribution in [-0.4, -0.2) is 25.2 Å². The second-order valence-electron chi connectivity index (χ2n) is 4.33. The van der Waals surface area contributed by atoms with Gasteiger partial charge in [-0.2, -0.15) is 0 Å². The summed E-state index contributed by atoms with van der Waals surface area (Å²) >= 11 is 0. The molecule has 0 aliphatic heterocycles. The Labute approximate surface area is 118 Å². The number of ether oxygens (including phenoxy) is 2. The van der Waals surface area contributed by atoms with Crippen molar-refractivity contribution < 1.29 is 13.9 Å². The first kappa shape index (κ1) is 14.6. The summed E-state index contributed by atoms with van der Waals surface area (Å²) in [6, 6.07) is 9.53. The van der Waals surface area contributed by atoms with Gasteiger partial charge in [0.05, 0.1) is 19.1 Å². The summed E-state index contributed by atoms with van der Waals surface area (Å²) in [5.41, 5.74) is 0.973. The van der Waals surface area contributed by atoms with Gasteiger partial charge in [0.25, 0.3) is 0 Å². The molecule has 2 aromatic rings. The van der Waals surface area contributed by atoms with E-state index in [4.69, 9.17) is 13.9 Å². The highest BCUT2D eigenvalue weighted by atomic mass is 16.5. The van der Waals surface area contributed by atoms with E-state index < -0.39 is 0 Å². The topological polar surface area (TPSA) is 56.5 Å². The molecule has 0 aromatic carbocycles. The maximum absolute atomic E-state index is 5.50. The molecule has 0 unspecified atom stereocenters. The summed E-state index contributed by atoms with van der Waals surface area (Å²) in [6.07, 6.45) is 2.60. The van der Waals surface area contributed by atoms with Gasteiger partial charge < -0.3 is 19.2 Å². The molecule has 0 saturated heterocycles. The Bertz CT molecular complexity index is 486. The molecule has 0 fully saturated rings. The molecule has 20 heavy (non-hydrogen) atoms. The van der Waals surface area contributed by atoms with E-state index in [1.807, 2.05) is 30.3 Å². The predicted octanol–water partition coefficient (Wildman–Crippen LogP) is 2.38. The van der Waals surface area contributed by atoms with Crippen LogP contribution >= 0.6 is 0 Å². The highest BCUT2D eigenvalue weighted by Crippen LogP contribution is 2.06. The highest BCUT2D eigenvalue weighted by Gasteiger charge is 1.98. The number of aromatic nitrogens is 1. The van der Waals surface area contributed by atoms with Crippen LogP contribution in [0.2, 0.25) is 0 Å². The van der Waals surface area contributed by atoms with Crippen LogP contribution in [0.5, 0.6) is 5.88 Å². The molecule has 1 N–H and O–H groups in total. The van der Waals surface area contributed by atoms with Gasteiger partial charge >= 0.3 is 0 Å². The summed E-state index contributed by atoms with van der Waals surface area (Å²) < 4.78 is 15.8. The maximum Gasteiger partial charge on any atom is 0.213 e. The fourth-order valence-electron chi connectivity index (χ4n) is 1.75. The van der Waals surface area contributed by atoms with Gasteiger partial charge in [0, 0.05) is 19.2 Å². The molecule has 0 amide bonds. The Morgan fingerprint density at radius 2 is 2.20 bits per heavy atom. The molecule has 108 valence electrons. The molecule has 0 radical (unpaired) electrons. The Morgan fingerprint density at radius 3 is 3.00 bits per heavy atom. The molecule has 0 aliphatic carbocycles. The molecule has 5 nitrogen and oxygen atoms in total. The summed E-state index contributed by atoms with van der Waals surface area (Å²) in [5, 5.41) is 3.33. The van der Waals surface area contributed by atoms with Gasteiger partial charge in [0.15, 0.2) is 0 Å². The monoisotopic (exact) mass is 276 g/mol. The minimum absolute atomic E-state index is 0.532. The van der Waals surface area contributed by atoms with Crippen molar-refractivity contribution in [2.45, 2.75) is 19.6 Å². The first-order chi connectivity index (χ1) is 9.88. The zero-order valence-corrected chi connectivity index (χ0v) is 11.7. The molecule has 2 heterocycles. The molecule has 0 spiro atoms. The van der Waals surface area contributed by atoms with Crippen LogP contribution in [0.1, 0.15) is 17.9 Å². The maximum atomic E-state index is 5.50. The Kier molecular flexibility index (Phi) is 6.07. The SMILES string of the molecule is COc1cccc(CNCCCOCc2ccco2)n1. The van der Waals surface area contributed by atoms with Gasteiger partial charge in [-0.05, 0) is 31.2 Å². The molecule has 5 heteroatoms. The Morgan fingerprint density at radius 1 is 1.25 bits per heavy atom. The van der Waals surface area contributed by atoms with Crippen molar-refractivity contribution in [3.8, 4) is 5.88 Å². The van der Waals surface area contributed by atoms with Gasteiger partial charge in [-0.3, -0.25) is 0 Å². The summed E-state index contributed by atoms with van der Waals surface area (Å²) in [6.45, 7) is 2.86. The Balaban J connectivity index is 1.53. The van der Waals surface area contributed by atoms with Crippen molar-refractivity contribution in [2.75, 3.05) is 20.3 Å². The van der Waals surface area contributed by atoms with Crippen molar-refractivity contribution in [2.24, 2.45) is 0 Å². The van der Waals surface area contributed by atoms with Crippen LogP contribution in [-0.2, 0) is 17.9 Å². The predicted molar refractivity (Wildman–Crippen MR) is 75.5 cm³/mol. The summed E-state index contributed by atoms with van der Waals surface area (Å²) in [4.78, 5) is 4.33. The normalized spacial score (nSPS) is 10.7. The molecule has 0 aliphatic rings. The first-order valence-corrected chi connectivity index (χ1v) is 6.69. The standard InChI is InChI=1S/C15H20N2O3/c1-18-15-7-2-5-13(17-15)11-16-8-4-9-19-12-14-6-3-10-20-14/h2-3,5-7,10,16H,4,8-9,11-12H2,1H3. The smallest absolute Gasteiger partial charge is 0.213 e. The quantitative estimate of drug-likeness (QED) is 0.713. The average molecular weight is 276 g/mol. The van der Waals surface area contributed by atoms with Crippen LogP contribution in [0, 0.1) is 0 Å². The number of methoxy groups -OCH3 is 1. The van der Waals surface area contributed by atoms with E-state index in [1.165, 1.54) is 0 Å². The number of hydrogen-bond acceptors (Lipinski definition) is 5. The molecular formula is C15H20N2O3. The van der Waals surface area contributed by atoms with Crippen LogP contribution in [0.3, 0.4) is 0 Å². The lowest BCUT2D eigenvalue weighted by molar-refractivity contribution is 0.104. The number of furan rings is 1. The van der Waals surface area contributed by atoms with Gasteiger partial charge in [-0.15, -0.1) is 0 Å². The number of hydrogen-bond donors (Lipinski definition) is 1. The molecular weight excluding hydrogens is 256 g/mol. The number of rotatable bonds is 9. The molecule has 2 aromatic heterocycles. The fourth-order valence-corrected chi connectivity index (χ4v) is 1.75. The van der Waals surface area contributed by atoms with Crippen LogP contribution in [0.4, 0.5) is 0 Å². The number of nitrogens with zero attached hydrogens (tertiary/aromatic N) is 1. The number of pyridine rings is 1. The first-order valence-electron chi connectivity index (χ1n) is 6.69. The van der Waals surface area contributed by atoms with Gasteiger partial charge in [0.2, 0.25) is 5.88 Å². The van der Waals surface area contributed by atoms with E-state index in [2.05, 4.69) is 10.3 Å². The second kappa shape index (κ2) is 8.35. The lowest BCUT2D eigenvalue weighted by Gasteiger charge is -2.06. The van der Waals surface area contributed by atoms with E-state index in [1.54, 1.807) is 13.4 Å². The van der Waals surface area contributed by atoms with E-state index in [0.29, 0.717) is 19.1 Å². The average Bonchev–Trinajstić information content (AvgIpc) is 3.00. The fraction of sp³-hybridized carbons (Fsp3) is 0.400. The molecule has 2 rings (SSSR count). The van der Waals surface area contributed by atoms with E-state index in [-0.39, 0.29) is 0 Å². The summed E-state index contributed by atoms with van der Waals surface area (Å²) in [5.74, 6) is 1.50. The van der Waals surface area contributed by atoms with Crippen molar-refractivity contribution in [3.63, 3.8) is 0 Å². The minimum Gasteiger partial charge on any atom is -0.481 e. The van der Waals surface area contributed by atoms with E-state index in [9.17, 15) is 0 Å². The third kappa shape index (κ3) is 5.03. The number of nitrogens with one attached hydrogen (secondary N) is 1. The van der Waals surface area contributed by atoms with Crippen LogP contribution in [0.25, 0.3) is 0 Å². The van der Waals surface area contributed by atoms with E-state index >= 15 is 0 Å². The summed E-state index contributed by atoms with van der Waals surface area (Å²) in [7, 11) is 1.62. The largest absolute Gasteiger partial charge is 0.481 e. The van der Waals surface area contributed by atoms with Crippen molar-refractivity contribution >= 4 is 0 Å². The van der Waals surface area contributed by atoms with Gasteiger partial charge in [-0.1, -0.05) is 6.07 Å². The van der Waals surface area contributed by atoms with Gasteiger partial charge in [0.1, 0.15) is 12.4 Å². The molecule has 0 atom stereocenters. The van der Waals surface area contributed by atoms with E-state index in [0.717, 1.165) is 31.0 Å². The van der Waals surface area contributed by atoms with Crippen molar-refractivity contribution in [1.82, 2.24) is 10.3 Å². The third-order valence-corrected chi connectivity index (χ3v) is 2.76. The molecule has 0 saturated carbocycles. The second-order valence-corrected chi connectivity index (χ2v) is 4.33. The lowest BCUT2D eigenvalue weighted by Crippen LogP contribution is -2.17. The van der Waals surface area contributed by atoms with Crippen molar-refractivity contribution in [3.05, 3.63) is 48.0 Å². The van der Waals surface area contributed by atoms with Crippen LogP contribution < -0.4 is 10.1 Å². The van der Waals surface area contributed by atoms with Gasteiger partial charge in [-0.25, -0.2) is 4.98 Å². The highest BCUT2D eigenvalue weighted by molar-refractivity contribution is 5.15. The zero-order chi connectivity index (χ0) is 14.0. The zero-order valence-electron chi connectivity index (χ0n) is 11.7. The minimum atomic E-state index is 0.532. The van der Waals surface area contributed by atoms with Crippen LogP contribution in [0.15, 0.2) is 41.0 Å². The third-order valence-electron chi connectivity index (χ3n) is 2.76. The lowest BCUT2D eigenvalue weighted by atomic mass is 10.3. The Hall–Kier alpha value is -1.85. The van der Waals surface area contributed by atoms with Crippen molar-refractivity contribution in [1.29, 1.82) is 0 Å².